The van der Waals surface area contributed by atoms with Crippen LogP contribution in [0.2, 0.25) is 0 Å². The average Bonchev–Trinajstić information content (AvgIpc) is 2.86. The van der Waals surface area contributed by atoms with Gasteiger partial charge in [0.05, 0.1) is 18.9 Å². The van der Waals surface area contributed by atoms with Crippen LogP contribution in [0.1, 0.15) is 0 Å². The molecule has 4 aromatic rings. The Morgan fingerprint density at radius 3 is 2.23 bits per heavy atom. The van der Waals surface area contributed by atoms with Crippen LogP contribution in [0.5, 0.6) is 0 Å². The van der Waals surface area contributed by atoms with Gasteiger partial charge in [0, 0.05) is 54.2 Å². The van der Waals surface area contributed by atoms with E-state index in [9.17, 15) is 0 Å². The standard InChI is InChI=1S/C24H22N6O/c1-3-19(4-2-18(1)20-15-25-17-26-16-20)23-9-10-27-24(29-23)28-21-5-7-22(8-6-21)30-11-13-31-14-12-30/h1-10,15-17H,11-14H2,(H,27,28,29). The zero-order valence-corrected chi connectivity index (χ0v) is 17.0. The van der Waals surface area contributed by atoms with Gasteiger partial charge in [0.15, 0.2) is 0 Å². The van der Waals surface area contributed by atoms with Crippen LogP contribution in [0.15, 0.2) is 79.5 Å². The molecule has 0 radical (unpaired) electrons. The summed E-state index contributed by atoms with van der Waals surface area (Å²) in [6, 6.07) is 18.4. The van der Waals surface area contributed by atoms with Gasteiger partial charge in [-0.25, -0.2) is 19.9 Å². The van der Waals surface area contributed by atoms with E-state index in [-0.39, 0.29) is 0 Å². The van der Waals surface area contributed by atoms with E-state index in [2.05, 4.69) is 54.4 Å². The maximum atomic E-state index is 5.42. The molecule has 2 aromatic heterocycles. The van der Waals surface area contributed by atoms with E-state index in [0.717, 1.165) is 54.4 Å². The maximum Gasteiger partial charge on any atom is 0.227 e. The molecule has 2 aromatic carbocycles. The van der Waals surface area contributed by atoms with Crippen LogP contribution in [0, 0.1) is 0 Å². The number of rotatable bonds is 5. The van der Waals surface area contributed by atoms with Crippen molar-refractivity contribution in [2.24, 2.45) is 0 Å². The Morgan fingerprint density at radius 2 is 1.48 bits per heavy atom. The Bertz CT molecular complexity index is 1130. The molecule has 7 heteroatoms. The molecule has 5 rings (SSSR count). The van der Waals surface area contributed by atoms with E-state index >= 15 is 0 Å². The number of benzene rings is 2. The molecule has 0 bridgehead atoms. The third kappa shape index (κ3) is 4.51. The zero-order chi connectivity index (χ0) is 20.9. The number of nitrogens with one attached hydrogen (secondary N) is 1. The molecule has 3 heterocycles. The van der Waals surface area contributed by atoms with Gasteiger partial charge >= 0.3 is 0 Å². The molecule has 1 N–H and O–H groups in total. The molecule has 1 saturated heterocycles. The smallest absolute Gasteiger partial charge is 0.227 e. The number of hydrogen-bond acceptors (Lipinski definition) is 7. The van der Waals surface area contributed by atoms with Gasteiger partial charge < -0.3 is 15.0 Å². The second-order valence-electron chi connectivity index (χ2n) is 7.24. The first-order valence-corrected chi connectivity index (χ1v) is 10.2. The van der Waals surface area contributed by atoms with Crippen molar-refractivity contribution in [3.63, 3.8) is 0 Å². The molecule has 31 heavy (non-hydrogen) atoms. The molecule has 154 valence electrons. The van der Waals surface area contributed by atoms with Crippen LogP contribution in [-0.2, 0) is 4.74 Å². The quantitative estimate of drug-likeness (QED) is 0.529. The van der Waals surface area contributed by atoms with E-state index in [1.807, 2.05) is 30.3 Å². The fraction of sp³-hybridized carbons (Fsp3) is 0.167. The van der Waals surface area contributed by atoms with Crippen LogP contribution in [0.3, 0.4) is 0 Å². The average molecular weight is 410 g/mol. The molecule has 1 fully saturated rings. The Hall–Kier alpha value is -3.84. The van der Waals surface area contributed by atoms with Crippen molar-refractivity contribution >= 4 is 17.3 Å². The van der Waals surface area contributed by atoms with Gasteiger partial charge in [0.1, 0.15) is 6.33 Å². The molecule has 0 atom stereocenters. The van der Waals surface area contributed by atoms with Gasteiger partial charge in [-0.1, -0.05) is 24.3 Å². The minimum atomic E-state index is 0.567. The predicted molar refractivity (Wildman–Crippen MR) is 121 cm³/mol. The van der Waals surface area contributed by atoms with E-state index in [1.165, 1.54) is 12.0 Å². The van der Waals surface area contributed by atoms with Gasteiger partial charge in [-0.3, -0.25) is 0 Å². The highest BCUT2D eigenvalue weighted by Gasteiger charge is 2.11. The van der Waals surface area contributed by atoms with Gasteiger partial charge in [-0.15, -0.1) is 0 Å². The molecule has 7 nitrogen and oxygen atoms in total. The number of aromatic nitrogens is 4. The van der Waals surface area contributed by atoms with Crippen molar-refractivity contribution in [1.29, 1.82) is 0 Å². The Morgan fingerprint density at radius 1 is 0.774 bits per heavy atom. The number of morpholine rings is 1. The highest BCUT2D eigenvalue weighted by atomic mass is 16.5. The SMILES string of the molecule is c1ncc(-c2ccc(-c3ccnc(Nc4ccc(N5CCOCC5)cc4)n3)cc2)cn1. The minimum absolute atomic E-state index is 0.567. The number of hydrogen-bond donors (Lipinski definition) is 1. The van der Waals surface area contributed by atoms with Crippen molar-refractivity contribution in [2.75, 3.05) is 36.5 Å². The summed E-state index contributed by atoms with van der Waals surface area (Å²) in [5.41, 5.74) is 6.09. The second kappa shape index (κ2) is 8.89. The fourth-order valence-corrected chi connectivity index (χ4v) is 3.57. The molecule has 1 aliphatic rings. The fourth-order valence-electron chi connectivity index (χ4n) is 3.57. The topological polar surface area (TPSA) is 76.1 Å². The van der Waals surface area contributed by atoms with E-state index < -0.39 is 0 Å². The first-order chi connectivity index (χ1) is 15.3. The lowest BCUT2D eigenvalue weighted by Crippen LogP contribution is -2.36. The number of anilines is 3. The van der Waals surface area contributed by atoms with Crippen molar-refractivity contribution in [3.8, 4) is 22.4 Å². The summed E-state index contributed by atoms with van der Waals surface area (Å²) >= 11 is 0. The third-order valence-electron chi connectivity index (χ3n) is 5.23. The lowest BCUT2D eigenvalue weighted by molar-refractivity contribution is 0.122. The van der Waals surface area contributed by atoms with Gasteiger partial charge in [-0.05, 0) is 35.9 Å². The molecule has 0 unspecified atom stereocenters. The Kier molecular flexibility index (Phi) is 5.49. The van der Waals surface area contributed by atoms with Crippen molar-refractivity contribution in [1.82, 2.24) is 19.9 Å². The van der Waals surface area contributed by atoms with Crippen LogP contribution in [0.4, 0.5) is 17.3 Å². The summed E-state index contributed by atoms with van der Waals surface area (Å²) in [4.78, 5) is 19.5. The molecule has 0 saturated carbocycles. The van der Waals surface area contributed by atoms with E-state index in [1.54, 1.807) is 18.6 Å². The summed E-state index contributed by atoms with van der Waals surface area (Å²) in [6.07, 6.45) is 6.91. The summed E-state index contributed by atoms with van der Waals surface area (Å²) < 4.78 is 5.42. The molecular formula is C24H22N6O. The molecule has 1 aliphatic heterocycles. The molecule has 0 spiro atoms. The lowest BCUT2D eigenvalue weighted by Gasteiger charge is -2.28. The van der Waals surface area contributed by atoms with Crippen molar-refractivity contribution in [2.45, 2.75) is 0 Å². The Labute approximate surface area is 180 Å². The molecule has 0 aliphatic carbocycles. The third-order valence-corrected chi connectivity index (χ3v) is 5.23. The van der Waals surface area contributed by atoms with E-state index in [4.69, 9.17) is 4.74 Å². The van der Waals surface area contributed by atoms with Crippen LogP contribution >= 0.6 is 0 Å². The number of nitrogens with zero attached hydrogens (tertiary/aromatic N) is 5. The van der Waals surface area contributed by atoms with Gasteiger partial charge in [0.2, 0.25) is 5.95 Å². The lowest BCUT2D eigenvalue weighted by atomic mass is 10.1. The summed E-state index contributed by atoms with van der Waals surface area (Å²) in [7, 11) is 0. The Balaban J connectivity index is 1.30. The monoisotopic (exact) mass is 410 g/mol. The van der Waals surface area contributed by atoms with E-state index in [0.29, 0.717) is 5.95 Å². The molecule has 0 amide bonds. The maximum absolute atomic E-state index is 5.42. The van der Waals surface area contributed by atoms with Crippen LogP contribution in [0.25, 0.3) is 22.4 Å². The summed E-state index contributed by atoms with van der Waals surface area (Å²) in [5.74, 6) is 0.567. The van der Waals surface area contributed by atoms with Crippen molar-refractivity contribution in [3.05, 3.63) is 79.5 Å². The summed E-state index contributed by atoms with van der Waals surface area (Å²) in [5, 5.41) is 3.30. The number of ether oxygens (including phenoxy) is 1. The first kappa shape index (κ1) is 19.1. The van der Waals surface area contributed by atoms with Crippen LogP contribution in [-0.4, -0.2) is 46.2 Å². The second-order valence-corrected chi connectivity index (χ2v) is 7.24. The minimum Gasteiger partial charge on any atom is -0.378 e. The zero-order valence-electron chi connectivity index (χ0n) is 17.0. The van der Waals surface area contributed by atoms with Gasteiger partial charge in [0.25, 0.3) is 0 Å². The summed E-state index contributed by atoms with van der Waals surface area (Å²) in [6.45, 7) is 3.41. The highest BCUT2D eigenvalue weighted by Crippen LogP contribution is 2.25. The normalized spacial score (nSPS) is 13.7. The first-order valence-electron chi connectivity index (χ1n) is 10.2. The van der Waals surface area contributed by atoms with Crippen LogP contribution < -0.4 is 10.2 Å². The highest BCUT2D eigenvalue weighted by molar-refractivity contribution is 5.68. The van der Waals surface area contributed by atoms with Crippen molar-refractivity contribution < 1.29 is 4.74 Å². The predicted octanol–water partition coefficient (Wildman–Crippen LogP) is 4.18. The van der Waals surface area contributed by atoms with Gasteiger partial charge in [-0.2, -0.15) is 0 Å². The largest absolute Gasteiger partial charge is 0.378 e. The molecular weight excluding hydrogens is 388 g/mol.